The number of nitrogens with zero attached hydrogens (tertiary/aromatic N) is 2. The molecule has 1 heterocycles. The van der Waals surface area contributed by atoms with Crippen LogP contribution in [0.3, 0.4) is 0 Å². The lowest BCUT2D eigenvalue weighted by Gasteiger charge is -2.07. The van der Waals surface area contributed by atoms with E-state index >= 15 is 0 Å². The zero-order chi connectivity index (χ0) is 12.3. The molecule has 0 spiro atoms. The van der Waals surface area contributed by atoms with E-state index in [1.807, 2.05) is 25.1 Å². The molecular weight excluding hydrogens is 304 g/mol. The Morgan fingerprint density at radius 3 is 2.65 bits per heavy atom. The van der Waals surface area contributed by atoms with E-state index in [0.717, 1.165) is 21.5 Å². The molecule has 0 aliphatic heterocycles. The minimum atomic E-state index is 0.352. The topological polar surface area (TPSA) is 35.0 Å². The Hall–Kier alpha value is -1.13. The number of aromatic nitrogens is 2. The maximum Gasteiger partial charge on any atom is 0.238 e. The van der Waals surface area contributed by atoms with Gasteiger partial charge in [-0.2, -0.15) is 5.10 Å². The van der Waals surface area contributed by atoms with Crippen LogP contribution in [0.4, 0.5) is 0 Å². The maximum absolute atomic E-state index is 5.63. The smallest absolute Gasteiger partial charge is 0.238 e. The molecule has 0 N–H and O–H groups in total. The van der Waals surface area contributed by atoms with Crippen molar-refractivity contribution in [1.29, 1.82) is 0 Å². The number of hydrogen-bond donors (Lipinski definition) is 0. The summed E-state index contributed by atoms with van der Waals surface area (Å²) in [4.78, 5) is 0. The minimum Gasteiger partial charge on any atom is -0.437 e. The van der Waals surface area contributed by atoms with Crippen molar-refractivity contribution in [3.8, 4) is 11.6 Å². The fraction of sp³-hybridized carbons (Fsp3) is 0.167. The van der Waals surface area contributed by atoms with E-state index in [4.69, 9.17) is 16.3 Å². The van der Waals surface area contributed by atoms with Crippen molar-refractivity contribution in [2.24, 2.45) is 0 Å². The van der Waals surface area contributed by atoms with Crippen LogP contribution in [0.5, 0.6) is 11.6 Å². The predicted molar refractivity (Wildman–Crippen MR) is 70.5 cm³/mol. The van der Waals surface area contributed by atoms with Crippen LogP contribution in [0.15, 0.2) is 34.8 Å². The molecule has 1 aromatic heterocycles. The number of aryl methyl sites for hydroxylation is 1. The standard InChI is InChI=1S/C12H10BrClN2O/c1-8-6-9(13)2-4-11(8)17-12-5-3-10(7-14)15-16-12/h2-6H,7H2,1H3. The van der Waals surface area contributed by atoms with Gasteiger partial charge in [0.05, 0.1) is 11.6 Å². The molecule has 0 saturated carbocycles. The highest BCUT2D eigenvalue weighted by Gasteiger charge is 2.03. The van der Waals surface area contributed by atoms with Gasteiger partial charge in [0.25, 0.3) is 0 Å². The first-order chi connectivity index (χ1) is 8.19. The van der Waals surface area contributed by atoms with Gasteiger partial charge in [-0.3, -0.25) is 0 Å². The van der Waals surface area contributed by atoms with E-state index in [1.165, 1.54) is 0 Å². The number of halogens is 2. The second-order valence-electron chi connectivity index (χ2n) is 3.51. The predicted octanol–water partition coefficient (Wildman–Crippen LogP) is 4.08. The lowest BCUT2D eigenvalue weighted by molar-refractivity contribution is 0.451. The van der Waals surface area contributed by atoms with Gasteiger partial charge in [0.1, 0.15) is 5.75 Å². The molecule has 0 bridgehead atoms. The van der Waals surface area contributed by atoms with E-state index < -0.39 is 0 Å². The molecule has 17 heavy (non-hydrogen) atoms. The molecule has 0 amide bonds. The van der Waals surface area contributed by atoms with E-state index in [0.29, 0.717) is 11.8 Å². The third-order valence-electron chi connectivity index (χ3n) is 2.18. The van der Waals surface area contributed by atoms with Gasteiger partial charge in [0.2, 0.25) is 5.88 Å². The van der Waals surface area contributed by atoms with E-state index in [1.54, 1.807) is 12.1 Å². The fourth-order valence-corrected chi connectivity index (χ4v) is 1.93. The number of ether oxygens (including phenoxy) is 1. The van der Waals surface area contributed by atoms with Gasteiger partial charge in [-0.15, -0.1) is 16.7 Å². The second-order valence-corrected chi connectivity index (χ2v) is 4.69. The molecule has 0 radical (unpaired) electrons. The minimum absolute atomic E-state index is 0.352. The van der Waals surface area contributed by atoms with Crippen molar-refractivity contribution in [2.45, 2.75) is 12.8 Å². The van der Waals surface area contributed by atoms with E-state index in [-0.39, 0.29) is 0 Å². The Kier molecular flexibility index (Phi) is 3.97. The summed E-state index contributed by atoms with van der Waals surface area (Å²) in [6.07, 6.45) is 0. The average molecular weight is 314 g/mol. The van der Waals surface area contributed by atoms with Gasteiger partial charge < -0.3 is 4.74 Å². The molecule has 88 valence electrons. The molecule has 0 aliphatic carbocycles. The first kappa shape index (κ1) is 12.3. The number of benzene rings is 1. The van der Waals surface area contributed by atoms with Gasteiger partial charge in [-0.1, -0.05) is 15.9 Å². The monoisotopic (exact) mass is 312 g/mol. The summed E-state index contributed by atoms with van der Waals surface area (Å²) in [5, 5.41) is 7.86. The van der Waals surface area contributed by atoms with Crippen LogP contribution >= 0.6 is 27.5 Å². The number of hydrogen-bond acceptors (Lipinski definition) is 3. The molecule has 0 atom stereocenters. The summed E-state index contributed by atoms with van der Waals surface area (Å²) >= 11 is 9.04. The quantitative estimate of drug-likeness (QED) is 0.801. The zero-order valence-corrected chi connectivity index (χ0v) is 11.5. The van der Waals surface area contributed by atoms with Gasteiger partial charge >= 0.3 is 0 Å². The van der Waals surface area contributed by atoms with E-state index in [9.17, 15) is 0 Å². The maximum atomic E-state index is 5.63. The highest BCUT2D eigenvalue weighted by Crippen LogP contribution is 2.26. The fourth-order valence-electron chi connectivity index (χ4n) is 1.31. The summed E-state index contributed by atoms with van der Waals surface area (Å²) in [6, 6.07) is 9.34. The first-order valence-corrected chi connectivity index (χ1v) is 6.34. The van der Waals surface area contributed by atoms with Gasteiger partial charge in [-0.25, -0.2) is 0 Å². The summed E-state index contributed by atoms with van der Waals surface area (Å²) < 4.78 is 6.65. The zero-order valence-electron chi connectivity index (χ0n) is 9.15. The Bertz CT molecular complexity index is 516. The molecule has 2 rings (SSSR count). The molecule has 0 saturated heterocycles. The molecule has 1 aromatic carbocycles. The Morgan fingerprint density at radius 2 is 2.06 bits per heavy atom. The van der Waals surface area contributed by atoms with Crippen molar-refractivity contribution < 1.29 is 4.74 Å². The van der Waals surface area contributed by atoms with Crippen LogP contribution in [0.2, 0.25) is 0 Å². The molecule has 0 aliphatic rings. The van der Waals surface area contributed by atoms with Crippen molar-refractivity contribution in [3.63, 3.8) is 0 Å². The molecular formula is C12H10BrClN2O. The molecule has 3 nitrogen and oxygen atoms in total. The SMILES string of the molecule is Cc1cc(Br)ccc1Oc1ccc(CCl)nn1. The second kappa shape index (κ2) is 5.47. The Balaban J connectivity index is 2.19. The van der Waals surface area contributed by atoms with Crippen LogP contribution in [0, 0.1) is 6.92 Å². The van der Waals surface area contributed by atoms with Crippen molar-refractivity contribution in [1.82, 2.24) is 10.2 Å². The van der Waals surface area contributed by atoms with Crippen LogP contribution in [-0.2, 0) is 5.88 Å². The van der Waals surface area contributed by atoms with Crippen LogP contribution in [-0.4, -0.2) is 10.2 Å². The number of alkyl halides is 1. The van der Waals surface area contributed by atoms with Crippen molar-refractivity contribution in [2.75, 3.05) is 0 Å². The van der Waals surface area contributed by atoms with Gasteiger partial charge in [-0.05, 0) is 36.8 Å². The van der Waals surface area contributed by atoms with Crippen molar-refractivity contribution >= 4 is 27.5 Å². The summed E-state index contributed by atoms with van der Waals surface area (Å²) in [5.41, 5.74) is 1.76. The van der Waals surface area contributed by atoms with Gasteiger partial charge in [0.15, 0.2) is 0 Å². The molecule has 5 heteroatoms. The summed E-state index contributed by atoms with van der Waals surface area (Å²) in [5.74, 6) is 1.58. The largest absolute Gasteiger partial charge is 0.437 e. The Morgan fingerprint density at radius 1 is 1.24 bits per heavy atom. The molecule has 0 unspecified atom stereocenters. The highest BCUT2D eigenvalue weighted by molar-refractivity contribution is 9.10. The lowest BCUT2D eigenvalue weighted by Crippen LogP contribution is -1.94. The lowest BCUT2D eigenvalue weighted by atomic mass is 10.2. The van der Waals surface area contributed by atoms with Crippen LogP contribution in [0.1, 0.15) is 11.3 Å². The highest BCUT2D eigenvalue weighted by atomic mass is 79.9. The average Bonchev–Trinajstić information content (AvgIpc) is 2.34. The first-order valence-electron chi connectivity index (χ1n) is 5.01. The van der Waals surface area contributed by atoms with Crippen molar-refractivity contribution in [3.05, 3.63) is 46.1 Å². The normalized spacial score (nSPS) is 10.3. The number of rotatable bonds is 3. The van der Waals surface area contributed by atoms with Crippen LogP contribution < -0.4 is 4.74 Å². The summed E-state index contributed by atoms with van der Waals surface area (Å²) in [7, 11) is 0. The van der Waals surface area contributed by atoms with Gasteiger partial charge in [0, 0.05) is 10.5 Å². The summed E-state index contributed by atoms with van der Waals surface area (Å²) in [6.45, 7) is 1.97. The molecule has 2 aromatic rings. The third kappa shape index (κ3) is 3.17. The third-order valence-corrected chi connectivity index (χ3v) is 2.95. The molecule has 0 fully saturated rings. The Labute approximate surface area is 113 Å². The van der Waals surface area contributed by atoms with E-state index in [2.05, 4.69) is 26.1 Å². The van der Waals surface area contributed by atoms with Crippen LogP contribution in [0.25, 0.3) is 0 Å².